The van der Waals surface area contributed by atoms with Crippen molar-refractivity contribution in [1.82, 2.24) is 9.55 Å². The van der Waals surface area contributed by atoms with E-state index in [1.165, 1.54) is 0 Å². The van der Waals surface area contributed by atoms with Crippen LogP contribution in [0.2, 0.25) is 0 Å². The van der Waals surface area contributed by atoms with Crippen molar-refractivity contribution in [2.24, 2.45) is 0 Å². The smallest absolute Gasteiger partial charge is 0.182 e. The van der Waals surface area contributed by atoms with Gasteiger partial charge >= 0.3 is 0 Å². The Hall–Kier alpha value is -2.64. The van der Waals surface area contributed by atoms with Crippen molar-refractivity contribution in [3.8, 4) is 17.5 Å². The number of fused-ring (bicyclic) bond motifs is 1. The van der Waals surface area contributed by atoms with Crippen LogP contribution in [-0.2, 0) is 13.0 Å². The fraction of sp³-hybridized carbons (Fsp3) is 0.167. The van der Waals surface area contributed by atoms with E-state index in [9.17, 15) is 4.79 Å². The number of hydrogen-bond donors (Lipinski definition) is 0. The first-order valence-electron chi connectivity index (χ1n) is 7.10. The molecule has 0 amide bonds. The number of nitrogens with zero attached hydrogens (tertiary/aromatic N) is 3. The first kappa shape index (κ1) is 16.7. The highest BCUT2D eigenvalue weighted by atomic mass is 35.5. The van der Waals surface area contributed by atoms with Gasteiger partial charge in [-0.1, -0.05) is 30.3 Å². The molecule has 0 atom stereocenters. The molecule has 3 rings (SSSR count). The molecule has 4 nitrogen and oxygen atoms in total. The van der Waals surface area contributed by atoms with E-state index < -0.39 is 0 Å². The molecule has 0 bridgehead atoms. The summed E-state index contributed by atoms with van der Waals surface area (Å²) in [4.78, 5) is 16.9. The van der Waals surface area contributed by atoms with Crippen molar-refractivity contribution in [2.45, 2.75) is 19.9 Å². The first-order chi connectivity index (χ1) is 10.7. The lowest BCUT2D eigenvalue weighted by molar-refractivity contribution is 0.0972. The summed E-state index contributed by atoms with van der Waals surface area (Å²) in [5, 5.41) is 8.95. The molecule has 0 N–H and O–H groups in total. The van der Waals surface area contributed by atoms with Crippen molar-refractivity contribution in [3.05, 3.63) is 65.5 Å². The van der Waals surface area contributed by atoms with Gasteiger partial charge in [-0.15, -0.1) is 12.4 Å². The predicted molar refractivity (Wildman–Crippen MR) is 90.9 cm³/mol. The average molecular weight is 326 g/mol. The zero-order chi connectivity index (χ0) is 15.5. The number of pyridine rings is 1. The molecule has 1 aromatic carbocycles. The number of ketones is 1. The quantitative estimate of drug-likeness (QED) is 0.688. The second-order valence-electron chi connectivity index (χ2n) is 5.17. The van der Waals surface area contributed by atoms with Crippen LogP contribution < -0.4 is 0 Å². The van der Waals surface area contributed by atoms with E-state index in [0.717, 1.165) is 22.6 Å². The number of aromatic nitrogens is 2. The number of aryl methyl sites for hydroxylation is 1. The largest absolute Gasteiger partial charge is 0.325 e. The number of Topliss-reactive ketones (excluding diaryl/α,β-unsaturated/α-hetero) is 1. The first-order valence-corrected chi connectivity index (χ1v) is 7.10. The van der Waals surface area contributed by atoms with Crippen LogP contribution in [0.4, 0.5) is 0 Å². The van der Waals surface area contributed by atoms with Crippen molar-refractivity contribution in [1.29, 1.82) is 5.26 Å². The van der Waals surface area contributed by atoms with E-state index in [1.807, 2.05) is 60.2 Å². The van der Waals surface area contributed by atoms with Gasteiger partial charge in [0.25, 0.3) is 0 Å². The van der Waals surface area contributed by atoms with Crippen molar-refractivity contribution < 1.29 is 4.79 Å². The molecule has 0 fully saturated rings. The molecular weight excluding hydrogens is 310 g/mol. The zero-order valence-corrected chi connectivity index (χ0v) is 13.5. The van der Waals surface area contributed by atoms with Crippen LogP contribution in [0, 0.1) is 18.3 Å². The summed E-state index contributed by atoms with van der Waals surface area (Å²) in [6, 6.07) is 15.2. The number of halogens is 1. The van der Waals surface area contributed by atoms with Crippen LogP contribution in [0.25, 0.3) is 11.4 Å². The molecule has 2 aliphatic rings. The maximum Gasteiger partial charge on any atom is 0.182 e. The standard InChI is InChI=1S/C18H15N3O.ClH/c1-13-15(9-10-19)16-8-5-11-21(18(16)20-13)12-17(22)14-6-3-2-4-7-14;/h2-8,11H,9,12H2,1H3;1H. The second-order valence-corrected chi connectivity index (χ2v) is 5.17. The lowest BCUT2D eigenvalue weighted by atomic mass is 10.1. The molecule has 0 spiro atoms. The van der Waals surface area contributed by atoms with E-state index in [0.29, 0.717) is 12.0 Å². The zero-order valence-electron chi connectivity index (χ0n) is 12.7. The number of carbonyl (C=O) groups is 1. The van der Waals surface area contributed by atoms with E-state index in [4.69, 9.17) is 5.26 Å². The predicted octanol–water partition coefficient (Wildman–Crippen LogP) is 3.67. The van der Waals surface area contributed by atoms with E-state index in [-0.39, 0.29) is 24.7 Å². The van der Waals surface area contributed by atoms with Crippen LogP contribution in [0.15, 0.2) is 48.7 Å². The maximum atomic E-state index is 12.4. The summed E-state index contributed by atoms with van der Waals surface area (Å²) < 4.78 is 1.85. The third-order valence-corrected chi connectivity index (χ3v) is 3.74. The fourth-order valence-electron chi connectivity index (χ4n) is 2.62. The van der Waals surface area contributed by atoms with E-state index >= 15 is 0 Å². The van der Waals surface area contributed by atoms with Crippen molar-refractivity contribution in [2.75, 3.05) is 0 Å². The molecule has 116 valence electrons. The van der Waals surface area contributed by atoms with Crippen LogP contribution in [0.5, 0.6) is 0 Å². The molecule has 2 heterocycles. The van der Waals surface area contributed by atoms with Crippen molar-refractivity contribution >= 4 is 18.2 Å². The van der Waals surface area contributed by atoms with Gasteiger partial charge < -0.3 is 4.57 Å². The lowest BCUT2D eigenvalue weighted by Gasteiger charge is -2.11. The third kappa shape index (κ3) is 3.25. The molecule has 0 aromatic heterocycles. The van der Waals surface area contributed by atoms with E-state index in [1.54, 1.807) is 0 Å². The van der Waals surface area contributed by atoms with Gasteiger partial charge in [-0.3, -0.25) is 4.79 Å². The van der Waals surface area contributed by atoms with Gasteiger partial charge in [0.1, 0.15) is 5.82 Å². The summed E-state index contributed by atoms with van der Waals surface area (Å²) in [5.74, 6) is 0.801. The fourth-order valence-corrected chi connectivity index (χ4v) is 2.62. The summed E-state index contributed by atoms with van der Waals surface area (Å²) in [6.07, 6.45) is 2.19. The van der Waals surface area contributed by atoms with Gasteiger partial charge in [0.2, 0.25) is 0 Å². The Morgan fingerprint density at radius 1 is 1.22 bits per heavy atom. The molecular formula is C18H16ClN3O. The SMILES string of the molecule is Cc1nc2n(CC(=O)c3ccccc3)cccc-2c1CC#N.Cl. The second kappa shape index (κ2) is 7.08. The molecule has 0 aliphatic carbocycles. The van der Waals surface area contributed by atoms with Crippen LogP contribution >= 0.6 is 12.4 Å². The maximum absolute atomic E-state index is 12.4. The van der Waals surface area contributed by atoms with Gasteiger partial charge in [-0.2, -0.15) is 5.26 Å². The summed E-state index contributed by atoms with van der Waals surface area (Å²) >= 11 is 0. The molecule has 23 heavy (non-hydrogen) atoms. The Labute approximate surface area is 141 Å². The number of carbonyl (C=O) groups excluding carboxylic acids is 1. The van der Waals surface area contributed by atoms with E-state index in [2.05, 4.69) is 11.1 Å². The third-order valence-electron chi connectivity index (χ3n) is 3.74. The highest BCUT2D eigenvalue weighted by Gasteiger charge is 2.18. The molecule has 5 heteroatoms. The van der Waals surface area contributed by atoms with Gasteiger partial charge in [-0.05, 0) is 24.6 Å². The van der Waals surface area contributed by atoms with Crippen LogP contribution in [-0.4, -0.2) is 15.3 Å². The van der Waals surface area contributed by atoms with Crippen LogP contribution in [0.3, 0.4) is 0 Å². The minimum Gasteiger partial charge on any atom is -0.325 e. The average Bonchev–Trinajstić information content (AvgIpc) is 2.86. The normalized spacial score (nSPS) is 10.1. The number of benzene rings is 1. The summed E-state index contributed by atoms with van der Waals surface area (Å²) in [7, 11) is 0. The summed E-state index contributed by atoms with van der Waals surface area (Å²) in [6.45, 7) is 2.14. The minimum atomic E-state index is 0. The Morgan fingerprint density at radius 2 is 1.96 bits per heavy atom. The Bertz CT molecular complexity index is 833. The molecule has 0 saturated carbocycles. The van der Waals surface area contributed by atoms with Gasteiger partial charge in [0.15, 0.2) is 5.78 Å². The Morgan fingerprint density at radius 3 is 2.65 bits per heavy atom. The van der Waals surface area contributed by atoms with Gasteiger partial charge in [0.05, 0.1) is 19.0 Å². The number of nitriles is 1. The highest BCUT2D eigenvalue weighted by molar-refractivity contribution is 5.96. The summed E-state index contributed by atoms with van der Waals surface area (Å²) in [5.41, 5.74) is 3.43. The Kier molecular flexibility index (Phi) is 5.15. The molecule has 0 saturated heterocycles. The Balaban J connectivity index is 0.00000192. The monoisotopic (exact) mass is 325 g/mol. The molecule has 0 unspecified atom stereocenters. The minimum absolute atomic E-state index is 0. The molecule has 1 aromatic rings. The highest BCUT2D eigenvalue weighted by Crippen LogP contribution is 2.28. The van der Waals surface area contributed by atoms with Crippen LogP contribution in [0.1, 0.15) is 21.6 Å². The number of hydrogen-bond acceptors (Lipinski definition) is 3. The molecule has 2 aliphatic heterocycles. The van der Waals surface area contributed by atoms with Gasteiger partial charge in [-0.25, -0.2) is 4.98 Å². The topological polar surface area (TPSA) is 58.7 Å². The van der Waals surface area contributed by atoms with Gasteiger partial charge in [0, 0.05) is 23.0 Å². The molecule has 0 radical (unpaired) electrons. The number of rotatable bonds is 4. The van der Waals surface area contributed by atoms with Crippen molar-refractivity contribution in [3.63, 3.8) is 0 Å². The lowest BCUT2D eigenvalue weighted by Crippen LogP contribution is -2.12.